The molecule has 0 bridgehead atoms. The molecule has 22 heavy (non-hydrogen) atoms. The summed E-state index contributed by atoms with van der Waals surface area (Å²) in [6, 6.07) is 13.1. The highest BCUT2D eigenvalue weighted by molar-refractivity contribution is 5.78. The van der Waals surface area contributed by atoms with Crippen LogP contribution in [0.1, 0.15) is 12.5 Å². The van der Waals surface area contributed by atoms with Gasteiger partial charge in [-0.15, -0.1) is 0 Å². The highest BCUT2D eigenvalue weighted by atomic mass is 16.5. The Hall–Kier alpha value is -2.69. The van der Waals surface area contributed by atoms with Crippen LogP contribution in [0.25, 0.3) is 0 Å². The minimum Gasteiger partial charge on any atom is -0.508 e. The number of carboxylic acid groups (broad SMARTS) is 1. The summed E-state index contributed by atoms with van der Waals surface area (Å²) < 4.78 is 10.7. The third-order valence-electron chi connectivity index (χ3n) is 3.33. The second-order valence-electron chi connectivity index (χ2n) is 5.16. The lowest BCUT2D eigenvalue weighted by Crippen LogP contribution is -2.43. The van der Waals surface area contributed by atoms with Crippen LogP contribution in [0.3, 0.4) is 0 Å². The van der Waals surface area contributed by atoms with Crippen LogP contribution in [-0.4, -0.2) is 28.9 Å². The number of rotatable bonds is 6. The molecule has 0 aliphatic rings. The average Bonchev–Trinajstić information content (AvgIpc) is 2.50. The number of benzene rings is 2. The maximum Gasteiger partial charge on any atom is 0.348 e. The van der Waals surface area contributed by atoms with E-state index in [-0.39, 0.29) is 12.2 Å². The van der Waals surface area contributed by atoms with Crippen LogP contribution in [0, 0.1) is 0 Å². The van der Waals surface area contributed by atoms with Crippen LogP contribution in [0.4, 0.5) is 0 Å². The number of hydrogen-bond acceptors (Lipinski definition) is 4. The van der Waals surface area contributed by atoms with Gasteiger partial charge in [0.1, 0.15) is 17.2 Å². The SMILES string of the molecule is COc1ccc(OC(C)(Cc2ccc(O)cc2)C(=O)O)cc1. The molecule has 2 aromatic carbocycles. The van der Waals surface area contributed by atoms with Crippen molar-refractivity contribution in [3.8, 4) is 17.2 Å². The number of phenols is 1. The van der Waals surface area contributed by atoms with Crippen molar-refractivity contribution in [3.05, 3.63) is 54.1 Å². The Kier molecular flexibility index (Phi) is 4.56. The van der Waals surface area contributed by atoms with Crippen LogP contribution in [-0.2, 0) is 11.2 Å². The summed E-state index contributed by atoms with van der Waals surface area (Å²) in [5.41, 5.74) is -0.651. The van der Waals surface area contributed by atoms with Gasteiger partial charge in [0, 0.05) is 6.42 Å². The van der Waals surface area contributed by atoms with Gasteiger partial charge >= 0.3 is 5.97 Å². The van der Waals surface area contributed by atoms with E-state index < -0.39 is 11.6 Å². The first-order valence-corrected chi connectivity index (χ1v) is 6.77. The maximum absolute atomic E-state index is 11.6. The van der Waals surface area contributed by atoms with Gasteiger partial charge in [-0.2, -0.15) is 0 Å². The molecule has 0 saturated carbocycles. The lowest BCUT2D eigenvalue weighted by Gasteiger charge is -2.26. The van der Waals surface area contributed by atoms with Crippen molar-refractivity contribution < 1.29 is 24.5 Å². The first-order chi connectivity index (χ1) is 10.4. The molecule has 0 aliphatic carbocycles. The predicted molar refractivity (Wildman–Crippen MR) is 81.5 cm³/mol. The number of hydrogen-bond donors (Lipinski definition) is 2. The Balaban J connectivity index is 2.19. The third kappa shape index (κ3) is 3.69. The summed E-state index contributed by atoms with van der Waals surface area (Å²) in [5.74, 6) is 0.195. The topological polar surface area (TPSA) is 76.0 Å². The zero-order valence-corrected chi connectivity index (χ0v) is 12.4. The van der Waals surface area contributed by atoms with Crippen LogP contribution in [0.15, 0.2) is 48.5 Å². The molecular formula is C17H18O5. The quantitative estimate of drug-likeness (QED) is 0.858. The van der Waals surface area contributed by atoms with Gasteiger partial charge in [0.05, 0.1) is 7.11 Å². The zero-order chi connectivity index (χ0) is 16.2. The molecule has 0 fully saturated rings. The Morgan fingerprint density at radius 3 is 2.09 bits per heavy atom. The van der Waals surface area contributed by atoms with E-state index in [9.17, 15) is 15.0 Å². The van der Waals surface area contributed by atoms with Crippen LogP contribution in [0.5, 0.6) is 17.2 Å². The number of carbonyl (C=O) groups is 1. The molecule has 0 spiro atoms. The molecule has 1 atom stereocenters. The Morgan fingerprint density at radius 2 is 1.59 bits per heavy atom. The molecule has 2 N–H and O–H groups in total. The van der Waals surface area contributed by atoms with Gasteiger partial charge in [-0.3, -0.25) is 0 Å². The lowest BCUT2D eigenvalue weighted by molar-refractivity contribution is -0.153. The number of ether oxygens (including phenoxy) is 2. The van der Waals surface area contributed by atoms with Crippen molar-refractivity contribution in [2.45, 2.75) is 18.9 Å². The van der Waals surface area contributed by atoms with Gasteiger partial charge in [0.25, 0.3) is 0 Å². The molecule has 116 valence electrons. The average molecular weight is 302 g/mol. The first-order valence-electron chi connectivity index (χ1n) is 6.77. The number of methoxy groups -OCH3 is 1. The summed E-state index contributed by atoms with van der Waals surface area (Å²) in [4.78, 5) is 11.6. The molecular weight excluding hydrogens is 284 g/mol. The highest BCUT2D eigenvalue weighted by Gasteiger charge is 2.36. The zero-order valence-electron chi connectivity index (χ0n) is 12.4. The summed E-state index contributed by atoms with van der Waals surface area (Å²) in [6.45, 7) is 1.52. The molecule has 2 rings (SSSR count). The van der Waals surface area contributed by atoms with E-state index in [0.29, 0.717) is 11.5 Å². The minimum absolute atomic E-state index is 0.136. The monoisotopic (exact) mass is 302 g/mol. The predicted octanol–water partition coefficient (Wildman–Crippen LogP) is 2.87. The number of phenolic OH excluding ortho intramolecular Hbond substituents is 1. The van der Waals surface area contributed by atoms with E-state index in [1.165, 1.54) is 19.1 Å². The van der Waals surface area contributed by atoms with Gasteiger partial charge in [-0.1, -0.05) is 12.1 Å². The van der Waals surface area contributed by atoms with E-state index in [1.54, 1.807) is 43.5 Å². The first kappa shape index (κ1) is 15.7. The normalized spacial score (nSPS) is 13.2. The molecule has 0 saturated heterocycles. The standard InChI is InChI=1S/C17H18O5/c1-17(16(19)20,11-12-3-5-13(18)6-4-12)22-15-9-7-14(21-2)8-10-15/h3-10,18H,11H2,1-2H3,(H,19,20). The molecule has 5 nitrogen and oxygen atoms in total. The highest BCUT2D eigenvalue weighted by Crippen LogP contribution is 2.25. The van der Waals surface area contributed by atoms with Gasteiger partial charge < -0.3 is 19.7 Å². The Labute approximate surface area is 128 Å². The Morgan fingerprint density at radius 1 is 1.05 bits per heavy atom. The molecule has 1 unspecified atom stereocenters. The molecule has 2 aromatic rings. The molecule has 0 aliphatic heterocycles. The van der Waals surface area contributed by atoms with Crippen molar-refractivity contribution >= 4 is 5.97 Å². The fraction of sp³-hybridized carbons (Fsp3) is 0.235. The summed E-state index contributed by atoms with van der Waals surface area (Å²) in [5, 5.41) is 18.8. The van der Waals surface area contributed by atoms with Crippen molar-refractivity contribution in [2.24, 2.45) is 0 Å². The van der Waals surface area contributed by atoms with E-state index in [0.717, 1.165) is 5.56 Å². The smallest absolute Gasteiger partial charge is 0.348 e. The van der Waals surface area contributed by atoms with Gasteiger partial charge in [0.15, 0.2) is 0 Å². The minimum atomic E-state index is -1.41. The number of carboxylic acids is 1. The molecule has 0 aromatic heterocycles. The lowest BCUT2D eigenvalue weighted by atomic mass is 9.96. The summed E-state index contributed by atoms with van der Waals surface area (Å²) in [6.07, 6.45) is 0.175. The number of aromatic hydroxyl groups is 1. The van der Waals surface area contributed by atoms with E-state index in [1.807, 2.05) is 0 Å². The van der Waals surface area contributed by atoms with Crippen molar-refractivity contribution in [1.82, 2.24) is 0 Å². The number of aliphatic carboxylic acids is 1. The fourth-order valence-electron chi connectivity index (χ4n) is 2.06. The van der Waals surface area contributed by atoms with E-state index in [4.69, 9.17) is 9.47 Å². The van der Waals surface area contributed by atoms with Crippen molar-refractivity contribution in [1.29, 1.82) is 0 Å². The van der Waals surface area contributed by atoms with Gasteiger partial charge in [-0.25, -0.2) is 4.79 Å². The fourth-order valence-corrected chi connectivity index (χ4v) is 2.06. The van der Waals surface area contributed by atoms with Crippen LogP contribution < -0.4 is 9.47 Å². The summed E-state index contributed by atoms with van der Waals surface area (Å²) >= 11 is 0. The molecule has 0 amide bonds. The Bertz CT molecular complexity index is 633. The second-order valence-corrected chi connectivity index (χ2v) is 5.16. The molecule has 0 radical (unpaired) electrons. The van der Waals surface area contributed by atoms with Gasteiger partial charge in [-0.05, 0) is 48.9 Å². The van der Waals surface area contributed by atoms with Crippen LogP contribution >= 0.6 is 0 Å². The summed E-state index contributed by atoms with van der Waals surface area (Å²) in [7, 11) is 1.56. The van der Waals surface area contributed by atoms with Crippen molar-refractivity contribution in [2.75, 3.05) is 7.11 Å². The molecule has 5 heteroatoms. The van der Waals surface area contributed by atoms with Crippen LogP contribution in [0.2, 0.25) is 0 Å². The van der Waals surface area contributed by atoms with E-state index >= 15 is 0 Å². The molecule has 0 heterocycles. The van der Waals surface area contributed by atoms with Crippen molar-refractivity contribution in [3.63, 3.8) is 0 Å². The maximum atomic E-state index is 11.6. The van der Waals surface area contributed by atoms with E-state index in [2.05, 4.69) is 0 Å². The van der Waals surface area contributed by atoms with Gasteiger partial charge in [0.2, 0.25) is 5.60 Å². The largest absolute Gasteiger partial charge is 0.508 e. The second kappa shape index (κ2) is 6.39. The third-order valence-corrected chi connectivity index (χ3v) is 3.33.